The third-order valence-electron chi connectivity index (χ3n) is 6.54. The van der Waals surface area contributed by atoms with E-state index in [1.165, 1.54) is 10.9 Å². The van der Waals surface area contributed by atoms with Crippen molar-refractivity contribution in [2.24, 2.45) is 5.92 Å². The second-order valence-corrected chi connectivity index (χ2v) is 10.3. The normalized spacial score (nSPS) is 17.3. The Kier molecular flexibility index (Phi) is 6.80. The molecule has 2 saturated heterocycles. The van der Waals surface area contributed by atoms with Gasteiger partial charge in [0.1, 0.15) is 10.7 Å². The van der Waals surface area contributed by atoms with E-state index in [4.69, 9.17) is 11.5 Å². The number of hydrogen-bond acceptors (Lipinski definition) is 10. The molecule has 0 atom stereocenters. The van der Waals surface area contributed by atoms with Crippen LogP contribution in [0.1, 0.15) is 28.2 Å². The molecule has 10 nitrogen and oxygen atoms in total. The van der Waals surface area contributed by atoms with Crippen molar-refractivity contribution in [3.8, 4) is 10.7 Å². The van der Waals surface area contributed by atoms with Crippen molar-refractivity contribution in [2.45, 2.75) is 25.5 Å². The number of rotatable bonds is 7. The van der Waals surface area contributed by atoms with Crippen LogP contribution < -0.4 is 21.7 Å². The van der Waals surface area contributed by atoms with Crippen molar-refractivity contribution in [1.82, 2.24) is 25.2 Å². The lowest BCUT2D eigenvalue weighted by Crippen LogP contribution is -2.51. The van der Waals surface area contributed by atoms with Crippen molar-refractivity contribution < 1.29 is 9.90 Å². The molecule has 35 heavy (non-hydrogen) atoms. The number of pyridine rings is 2. The van der Waals surface area contributed by atoms with Gasteiger partial charge >= 0.3 is 0 Å². The number of likely N-dealkylation sites (tertiary alicyclic amines) is 1. The maximum absolute atomic E-state index is 12.8. The third-order valence-corrected chi connectivity index (χ3v) is 7.54. The number of anilines is 3. The van der Waals surface area contributed by atoms with Crippen LogP contribution >= 0.6 is 11.3 Å². The number of nitrogens with zero attached hydrogens (tertiary/aromatic N) is 5. The number of nitrogens with two attached hydrogens (primary N) is 2. The molecule has 2 aliphatic heterocycles. The van der Waals surface area contributed by atoms with E-state index < -0.39 is 6.10 Å². The van der Waals surface area contributed by atoms with E-state index >= 15 is 0 Å². The second kappa shape index (κ2) is 10.1. The number of nitrogens with one attached hydrogen (secondary N) is 1. The number of aliphatic hydroxyl groups excluding tert-OH is 1. The topological polar surface area (TPSA) is 147 Å². The van der Waals surface area contributed by atoms with E-state index in [1.54, 1.807) is 17.5 Å². The van der Waals surface area contributed by atoms with Crippen molar-refractivity contribution >= 4 is 34.4 Å². The van der Waals surface area contributed by atoms with Gasteiger partial charge in [0.15, 0.2) is 5.82 Å². The predicted molar refractivity (Wildman–Crippen MR) is 137 cm³/mol. The van der Waals surface area contributed by atoms with Crippen LogP contribution in [-0.2, 0) is 6.54 Å². The van der Waals surface area contributed by atoms with Gasteiger partial charge < -0.3 is 26.8 Å². The van der Waals surface area contributed by atoms with E-state index in [0.717, 1.165) is 43.2 Å². The molecule has 5 rings (SSSR count). The summed E-state index contributed by atoms with van der Waals surface area (Å²) in [7, 11) is 0. The van der Waals surface area contributed by atoms with Crippen LogP contribution in [0.3, 0.4) is 0 Å². The lowest BCUT2D eigenvalue weighted by atomic mass is 9.96. The molecule has 0 bridgehead atoms. The number of amides is 1. The van der Waals surface area contributed by atoms with Gasteiger partial charge in [-0.15, -0.1) is 11.3 Å². The Morgan fingerprint density at radius 2 is 2.00 bits per heavy atom. The molecule has 0 unspecified atom stereocenters. The molecule has 0 spiro atoms. The molecule has 3 aromatic rings. The van der Waals surface area contributed by atoms with Crippen molar-refractivity contribution in [1.29, 1.82) is 0 Å². The summed E-state index contributed by atoms with van der Waals surface area (Å²) in [6.07, 6.45) is 5.36. The first-order valence-electron chi connectivity index (χ1n) is 11.8. The van der Waals surface area contributed by atoms with Gasteiger partial charge in [0.25, 0.3) is 5.91 Å². The Balaban J connectivity index is 1.10. The van der Waals surface area contributed by atoms with Crippen LogP contribution in [0.5, 0.6) is 0 Å². The van der Waals surface area contributed by atoms with E-state index in [0.29, 0.717) is 42.7 Å². The van der Waals surface area contributed by atoms with Gasteiger partial charge in [0, 0.05) is 43.4 Å². The number of nitrogen functional groups attached to an aromatic ring is 2. The quantitative estimate of drug-likeness (QED) is 0.384. The number of aromatic nitrogens is 3. The first-order chi connectivity index (χ1) is 17.0. The molecule has 0 aromatic carbocycles. The van der Waals surface area contributed by atoms with Gasteiger partial charge in [-0.2, -0.15) is 0 Å². The van der Waals surface area contributed by atoms with Crippen molar-refractivity contribution in [3.05, 3.63) is 47.2 Å². The zero-order chi connectivity index (χ0) is 24.4. The second-order valence-electron chi connectivity index (χ2n) is 9.17. The number of thiazole rings is 1. The molecule has 3 aromatic heterocycles. The van der Waals surface area contributed by atoms with Crippen molar-refractivity contribution in [3.63, 3.8) is 0 Å². The monoisotopic (exact) mass is 494 g/mol. The fourth-order valence-corrected chi connectivity index (χ4v) is 5.36. The molecule has 2 aliphatic rings. The maximum Gasteiger partial charge on any atom is 0.270 e. The van der Waals surface area contributed by atoms with Crippen LogP contribution in [0.2, 0.25) is 0 Å². The van der Waals surface area contributed by atoms with Crippen LogP contribution in [0.25, 0.3) is 10.7 Å². The molecule has 6 N–H and O–H groups in total. The summed E-state index contributed by atoms with van der Waals surface area (Å²) in [6.45, 7) is 4.31. The largest absolute Gasteiger partial charge is 0.397 e. The Labute approximate surface area is 208 Å². The summed E-state index contributed by atoms with van der Waals surface area (Å²) in [5.41, 5.74) is 13.9. The highest BCUT2D eigenvalue weighted by molar-refractivity contribution is 7.14. The summed E-state index contributed by atoms with van der Waals surface area (Å²) in [5.74, 6) is 0.619. The minimum absolute atomic E-state index is 0.249. The molecule has 0 radical (unpaired) electrons. The van der Waals surface area contributed by atoms with Crippen LogP contribution in [0, 0.1) is 5.92 Å². The fraction of sp³-hybridized carbons (Fsp3) is 0.417. The first kappa shape index (κ1) is 23.5. The summed E-state index contributed by atoms with van der Waals surface area (Å²) in [5, 5.41) is 13.5. The number of piperidine rings is 1. The lowest BCUT2D eigenvalue weighted by molar-refractivity contribution is 0.0930. The number of hydrogen-bond donors (Lipinski definition) is 4. The predicted octanol–water partition coefficient (Wildman–Crippen LogP) is 1.59. The van der Waals surface area contributed by atoms with E-state index in [9.17, 15) is 9.90 Å². The summed E-state index contributed by atoms with van der Waals surface area (Å²) < 4.78 is 0. The minimum Gasteiger partial charge on any atom is -0.397 e. The molecule has 1 amide bonds. The third kappa shape index (κ3) is 5.37. The Morgan fingerprint density at radius 3 is 2.71 bits per heavy atom. The van der Waals surface area contributed by atoms with Gasteiger partial charge in [-0.25, -0.2) is 9.97 Å². The molecule has 184 valence electrons. The SMILES string of the molecule is Nc1cc(C(=O)NCC2CCN(Cc3cnc(-c4ccccn4)s3)CC2)nc(N2CC(O)C2)c1N. The van der Waals surface area contributed by atoms with Gasteiger partial charge in [0.05, 0.1) is 23.2 Å². The fourth-order valence-electron chi connectivity index (χ4n) is 4.43. The van der Waals surface area contributed by atoms with Crippen LogP contribution in [-0.4, -0.2) is 69.7 Å². The number of β-amino-alcohol motifs (C(OH)–C–C–N with tert-alkyl or cyclic N) is 1. The molecule has 0 saturated carbocycles. The summed E-state index contributed by atoms with van der Waals surface area (Å²) >= 11 is 1.69. The summed E-state index contributed by atoms with van der Waals surface area (Å²) in [4.78, 5) is 31.6. The number of carbonyl (C=O) groups excluding carboxylic acids is 1. The van der Waals surface area contributed by atoms with E-state index in [1.807, 2.05) is 29.3 Å². The Bertz CT molecular complexity index is 1170. The van der Waals surface area contributed by atoms with Crippen LogP contribution in [0.15, 0.2) is 36.7 Å². The highest BCUT2D eigenvalue weighted by atomic mass is 32.1. The van der Waals surface area contributed by atoms with Gasteiger partial charge in [-0.05, 0) is 50.0 Å². The molecular weight excluding hydrogens is 464 g/mol. The number of carbonyl (C=O) groups is 1. The molecule has 5 heterocycles. The van der Waals surface area contributed by atoms with E-state index in [2.05, 4.69) is 25.2 Å². The highest BCUT2D eigenvalue weighted by Gasteiger charge is 2.29. The highest BCUT2D eigenvalue weighted by Crippen LogP contribution is 2.30. The van der Waals surface area contributed by atoms with Gasteiger partial charge in [-0.1, -0.05) is 6.07 Å². The molecular formula is C24H30N8O2S. The minimum atomic E-state index is -0.403. The Hall–Kier alpha value is -3.28. The molecule has 11 heteroatoms. The van der Waals surface area contributed by atoms with Gasteiger partial charge in [0.2, 0.25) is 0 Å². The average Bonchev–Trinajstić information content (AvgIpc) is 3.32. The molecule has 0 aliphatic carbocycles. The first-order valence-corrected chi connectivity index (χ1v) is 12.6. The standard InChI is InChI=1S/C24H30N8O2S/c25-18-9-20(30-22(21(18)26)32-12-16(33)13-32)23(34)28-10-15-4-7-31(8-5-15)14-17-11-29-24(35-17)19-3-1-2-6-27-19/h1-3,6,9,11,15-16,33H,4-5,7-8,10,12-14,26H2,(H2,25,30)(H,28,34). The zero-order valence-corrected chi connectivity index (χ0v) is 20.2. The lowest BCUT2D eigenvalue weighted by Gasteiger charge is -2.37. The smallest absolute Gasteiger partial charge is 0.270 e. The van der Waals surface area contributed by atoms with Crippen LogP contribution in [0.4, 0.5) is 17.2 Å². The maximum atomic E-state index is 12.8. The van der Waals surface area contributed by atoms with Gasteiger partial charge in [-0.3, -0.25) is 14.7 Å². The number of aliphatic hydroxyl groups is 1. The Morgan fingerprint density at radius 1 is 1.20 bits per heavy atom. The average molecular weight is 495 g/mol. The van der Waals surface area contributed by atoms with E-state index in [-0.39, 0.29) is 11.6 Å². The zero-order valence-electron chi connectivity index (χ0n) is 19.4. The van der Waals surface area contributed by atoms with Crippen molar-refractivity contribution in [2.75, 3.05) is 49.1 Å². The summed E-state index contributed by atoms with van der Waals surface area (Å²) in [6, 6.07) is 7.37. The molecule has 2 fully saturated rings.